The average Bonchev–Trinajstić information content (AvgIpc) is 2.48. The van der Waals surface area contributed by atoms with Crippen LogP contribution in [0.1, 0.15) is 11.1 Å². The van der Waals surface area contributed by atoms with Gasteiger partial charge in [0.05, 0.1) is 10.7 Å². The standard InChI is InChI=1S/C14H12BrClFN3O/c15-9-2-4-12(16)13(5-9)19-7-8-1-3-10(17)6-11(8)14(18)20-21/h1-6,19,21H,7H2,(H2,18,20). The van der Waals surface area contributed by atoms with Crippen LogP contribution >= 0.6 is 27.5 Å². The number of benzene rings is 2. The van der Waals surface area contributed by atoms with Crippen LogP contribution < -0.4 is 11.1 Å². The third-order valence-corrected chi connectivity index (χ3v) is 3.68. The molecule has 0 saturated carbocycles. The molecule has 2 rings (SSSR count). The van der Waals surface area contributed by atoms with Gasteiger partial charge in [0.15, 0.2) is 5.84 Å². The summed E-state index contributed by atoms with van der Waals surface area (Å²) in [6.45, 7) is 0.349. The summed E-state index contributed by atoms with van der Waals surface area (Å²) >= 11 is 9.45. The van der Waals surface area contributed by atoms with Gasteiger partial charge in [-0.2, -0.15) is 0 Å². The van der Waals surface area contributed by atoms with Gasteiger partial charge in [-0.05, 0) is 35.9 Å². The van der Waals surface area contributed by atoms with Crippen LogP contribution in [0.2, 0.25) is 5.02 Å². The van der Waals surface area contributed by atoms with E-state index < -0.39 is 5.82 Å². The van der Waals surface area contributed by atoms with E-state index in [0.29, 0.717) is 22.7 Å². The summed E-state index contributed by atoms with van der Waals surface area (Å²) in [6, 6.07) is 9.51. The maximum atomic E-state index is 13.3. The largest absolute Gasteiger partial charge is 0.409 e. The van der Waals surface area contributed by atoms with E-state index in [0.717, 1.165) is 10.2 Å². The van der Waals surface area contributed by atoms with Crippen LogP contribution in [0.5, 0.6) is 0 Å². The molecule has 0 heterocycles. The van der Waals surface area contributed by atoms with Crippen LogP contribution in [0.15, 0.2) is 46.0 Å². The Labute approximate surface area is 134 Å². The molecule has 0 aromatic heterocycles. The van der Waals surface area contributed by atoms with Gasteiger partial charge in [0.25, 0.3) is 0 Å². The molecule has 0 aliphatic carbocycles. The molecule has 4 nitrogen and oxygen atoms in total. The number of nitrogens with zero attached hydrogens (tertiary/aromatic N) is 1. The van der Waals surface area contributed by atoms with Gasteiger partial charge in [0.2, 0.25) is 0 Å². The molecule has 0 aliphatic rings. The Morgan fingerprint density at radius 3 is 2.81 bits per heavy atom. The zero-order valence-corrected chi connectivity index (χ0v) is 13.1. The van der Waals surface area contributed by atoms with Crippen molar-refractivity contribution in [2.75, 3.05) is 5.32 Å². The molecule has 0 amide bonds. The minimum Gasteiger partial charge on any atom is -0.409 e. The van der Waals surface area contributed by atoms with Crippen molar-refractivity contribution in [3.05, 3.63) is 62.8 Å². The molecule has 21 heavy (non-hydrogen) atoms. The molecule has 110 valence electrons. The van der Waals surface area contributed by atoms with Crippen LogP contribution in [0.25, 0.3) is 0 Å². The zero-order chi connectivity index (χ0) is 15.4. The highest BCUT2D eigenvalue weighted by atomic mass is 79.9. The van der Waals surface area contributed by atoms with Crippen molar-refractivity contribution < 1.29 is 9.60 Å². The lowest BCUT2D eigenvalue weighted by Crippen LogP contribution is -2.17. The van der Waals surface area contributed by atoms with Gasteiger partial charge in [-0.1, -0.05) is 38.8 Å². The number of halogens is 3. The first-order chi connectivity index (χ1) is 10.0. The van der Waals surface area contributed by atoms with Crippen molar-refractivity contribution >= 4 is 39.1 Å². The van der Waals surface area contributed by atoms with E-state index in [9.17, 15) is 4.39 Å². The van der Waals surface area contributed by atoms with Crippen molar-refractivity contribution in [1.29, 1.82) is 0 Å². The van der Waals surface area contributed by atoms with Gasteiger partial charge in [0.1, 0.15) is 5.82 Å². The Morgan fingerprint density at radius 1 is 1.33 bits per heavy atom. The van der Waals surface area contributed by atoms with E-state index in [-0.39, 0.29) is 5.84 Å². The fraction of sp³-hybridized carbons (Fsp3) is 0.0714. The minimum absolute atomic E-state index is 0.147. The van der Waals surface area contributed by atoms with E-state index in [4.69, 9.17) is 22.5 Å². The molecule has 0 atom stereocenters. The van der Waals surface area contributed by atoms with E-state index >= 15 is 0 Å². The van der Waals surface area contributed by atoms with Crippen LogP contribution in [0.3, 0.4) is 0 Å². The molecule has 2 aromatic carbocycles. The van der Waals surface area contributed by atoms with Gasteiger partial charge in [-0.3, -0.25) is 0 Å². The molecule has 0 bridgehead atoms. The number of amidine groups is 1. The quantitative estimate of drug-likeness (QED) is 0.329. The lowest BCUT2D eigenvalue weighted by molar-refractivity contribution is 0.318. The van der Waals surface area contributed by atoms with Crippen LogP contribution in [0.4, 0.5) is 10.1 Å². The molecular weight excluding hydrogens is 361 g/mol. The first-order valence-corrected chi connectivity index (χ1v) is 7.13. The smallest absolute Gasteiger partial charge is 0.170 e. The van der Waals surface area contributed by atoms with Crippen molar-refractivity contribution in [3.8, 4) is 0 Å². The zero-order valence-electron chi connectivity index (χ0n) is 10.8. The average molecular weight is 373 g/mol. The Hall–Kier alpha value is -1.79. The normalized spacial score (nSPS) is 11.5. The summed E-state index contributed by atoms with van der Waals surface area (Å²) in [4.78, 5) is 0. The fourth-order valence-electron chi connectivity index (χ4n) is 1.82. The summed E-state index contributed by atoms with van der Waals surface area (Å²) in [5, 5.41) is 15.4. The van der Waals surface area contributed by atoms with Gasteiger partial charge in [-0.15, -0.1) is 0 Å². The number of nitrogens with one attached hydrogen (secondary N) is 1. The van der Waals surface area contributed by atoms with Gasteiger partial charge >= 0.3 is 0 Å². The number of anilines is 1. The number of oxime groups is 1. The Kier molecular flexibility index (Phi) is 5.03. The van der Waals surface area contributed by atoms with Crippen LogP contribution in [-0.4, -0.2) is 11.0 Å². The first-order valence-electron chi connectivity index (χ1n) is 5.96. The molecule has 0 spiro atoms. The molecule has 0 unspecified atom stereocenters. The third-order valence-electron chi connectivity index (χ3n) is 2.85. The number of hydrogen-bond acceptors (Lipinski definition) is 3. The second-order valence-electron chi connectivity index (χ2n) is 4.26. The Bertz CT molecular complexity index is 694. The second-order valence-corrected chi connectivity index (χ2v) is 5.59. The molecule has 0 aliphatic heterocycles. The molecule has 0 radical (unpaired) electrons. The summed E-state index contributed by atoms with van der Waals surface area (Å²) in [7, 11) is 0. The van der Waals surface area contributed by atoms with Gasteiger partial charge in [-0.25, -0.2) is 4.39 Å². The van der Waals surface area contributed by atoms with Crippen molar-refractivity contribution in [3.63, 3.8) is 0 Å². The Balaban J connectivity index is 2.26. The van der Waals surface area contributed by atoms with Crippen molar-refractivity contribution in [1.82, 2.24) is 0 Å². The van der Waals surface area contributed by atoms with E-state index in [2.05, 4.69) is 26.4 Å². The monoisotopic (exact) mass is 371 g/mol. The third kappa shape index (κ3) is 3.86. The predicted molar refractivity (Wildman–Crippen MR) is 85.4 cm³/mol. The molecular formula is C14H12BrClFN3O. The van der Waals surface area contributed by atoms with Gasteiger partial charge < -0.3 is 16.3 Å². The summed E-state index contributed by atoms with van der Waals surface area (Å²) in [5.41, 5.74) is 7.29. The maximum Gasteiger partial charge on any atom is 0.170 e. The van der Waals surface area contributed by atoms with Crippen molar-refractivity contribution in [2.24, 2.45) is 10.9 Å². The molecule has 7 heteroatoms. The number of nitrogens with two attached hydrogens (primary N) is 1. The molecule has 0 fully saturated rings. The predicted octanol–water partition coefficient (Wildman–Crippen LogP) is 3.95. The summed E-state index contributed by atoms with van der Waals surface area (Å²) in [5.74, 6) is -0.604. The Morgan fingerprint density at radius 2 is 2.10 bits per heavy atom. The SMILES string of the molecule is NC(=NO)c1cc(F)ccc1CNc1cc(Br)ccc1Cl. The summed E-state index contributed by atoms with van der Waals surface area (Å²) < 4.78 is 14.2. The van der Waals surface area contributed by atoms with Gasteiger partial charge in [0, 0.05) is 16.6 Å². The fourth-order valence-corrected chi connectivity index (χ4v) is 2.36. The highest BCUT2D eigenvalue weighted by Crippen LogP contribution is 2.26. The topological polar surface area (TPSA) is 70.6 Å². The molecule has 0 saturated heterocycles. The maximum absolute atomic E-state index is 13.3. The molecule has 4 N–H and O–H groups in total. The second kappa shape index (κ2) is 6.78. The highest BCUT2D eigenvalue weighted by molar-refractivity contribution is 9.10. The van der Waals surface area contributed by atoms with E-state index in [1.807, 2.05) is 12.1 Å². The van der Waals surface area contributed by atoms with Crippen LogP contribution in [-0.2, 0) is 6.54 Å². The lowest BCUT2D eigenvalue weighted by atomic mass is 10.1. The van der Waals surface area contributed by atoms with E-state index in [1.54, 1.807) is 12.1 Å². The number of rotatable bonds is 4. The van der Waals surface area contributed by atoms with Crippen LogP contribution in [0, 0.1) is 5.82 Å². The minimum atomic E-state index is -0.458. The lowest BCUT2D eigenvalue weighted by Gasteiger charge is -2.12. The highest BCUT2D eigenvalue weighted by Gasteiger charge is 2.09. The van der Waals surface area contributed by atoms with Crippen molar-refractivity contribution in [2.45, 2.75) is 6.54 Å². The summed E-state index contributed by atoms with van der Waals surface area (Å²) in [6.07, 6.45) is 0. The van der Waals surface area contributed by atoms with E-state index in [1.165, 1.54) is 12.1 Å². The number of hydrogen-bond donors (Lipinski definition) is 3. The molecule has 2 aromatic rings. The first kappa shape index (κ1) is 15.6.